The number of esters is 2. The highest BCUT2D eigenvalue weighted by atomic mass is 33.1. The third kappa shape index (κ3) is 22.3. The molecule has 0 unspecified atom stereocenters. The Bertz CT molecular complexity index is 1280. The first-order valence-corrected chi connectivity index (χ1v) is 29.7. The van der Waals surface area contributed by atoms with Crippen LogP contribution in [0.2, 0.25) is 36.3 Å². The van der Waals surface area contributed by atoms with E-state index in [2.05, 4.69) is 89.0 Å². The first kappa shape index (κ1) is 57.9. The predicted molar refractivity (Wildman–Crippen MR) is 250 cm³/mol. The maximum absolute atomic E-state index is 13.5. The van der Waals surface area contributed by atoms with Crippen molar-refractivity contribution >= 4 is 73.8 Å². The second-order valence-electron chi connectivity index (χ2n) is 19.7. The van der Waals surface area contributed by atoms with E-state index < -0.39 is 39.7 Å². The van der Waals surface area contributed by atoms with E-state index in [1.807, 2.05) is 41.5 Å². The molecule has 0 saturated carbocycles. The lowest BCUT2D eigenvalue weighted by atomic mass is 9.87. The molecular formula is C42H82N4O10S2Si2. The summed E-state index contributed by atoms with van der Waals surface area (Å²) < 4.78 is 24.1. The van der Waals surface area contributed by atoms with Crippen molar-refractivity contribution in [3.8, 4) is 0 Å². The van der Waals surface area contributed by atoms with Gasteiger partial charge in [-0.15, -0.1) is 0 Å². The van der Waals surface area contributed by atoms with Crippen LogP contribution in [0.3, 0.4) is 0 Å². The Labute approximate surface area is 372 Å². The number of amides is 4. The van der Waals surface area contributed by atoms with E-state index in [9.17, 15) is 28.8 Å². The van der Waals surface area contributed by atoms with Gasteiger partial charge in [0.05, 0.1) is 13.2 Å². The summed E-state index contributed by atoms with van der Waals surface area (Å²) >= 11 is 0. The van der Waals surface area contributed by atoms with Crippen LogP contribution in [0.15, 0.2) is 0 Å². The zero-order valence-electron chi connectivity index (χ0n) is 40.0. The minimum absolute atomic E-state index is 0.0380. The summed E-state index contributed by atoms with van der Waals surface area (Å²) in [5.74, 6) is -0.359. The van der Waals surface area contributed by atoms with Crippen LogP contribution in [-0.2, 0) is 47.1 Å². The van der Waals surface area contributed by atoms with E-state index in [1.165, 1.54) is 0 Å². The van der Waals surface area contributed by atoms with Crippen molar-refractivity contribution < 1.29 is 47.1 Å². The van der Waals surface area contributed by atoms with Crippen LogP contribution < -0.4 is 21.3 Å². The van der Waals surface area contributed by atoms with Crippen LogP contribution in [0.25, 0.3) is 0 Å². The summed E-state index contributed by atoms with van der Waals surface area (Å²) in [6.07, 6.45) is 0.434. The molecule has 0 aliphatic heterocycles. The minimum atomic E-state index is -2.38. The van der Waals surface area contributed by atoms with Gasteiger partial charge in [0.2, 0.25) is 23.6 Å². The second-order valence-corrected chi connectivity index (χ2v) is 32.0. The Kier molecular flexibility index (Phi) is 25.5. The van der Waals surface area contributed by atoms with Crippen LogP contribution in [0.5, 0.6) is 0 Å². The maximum Gasteiger partial charge on any atom is 0.305 e. The average Bonchev–Trinajstić information content (AvgIpc) is 3.11. The number of hydrogen-bond acceptors (Lipinski definition) is 12. The largest absolute Gasteiger partial charge is 0.465 e. The molecule has 0 fully saturated rings. The predicted octanol–water partition coefficient (Wildman–Crippen LogP) is 7.13. The van der Waals surface area contributed by atoms with Crippen LogP contribution in [0.1, 0.15) is 122 Å². The SMILES string of the molecule is CCCC(=O)OCC(C)(C)[C@@H](O[Si](C)(C)C(C)(C)C)C(=O)NCCC(=O)NCCSSCCNC(=O)CCNC(=O)[C@H](O[Si](C)(C)C(C)(C)C)C(C)(C)COC(=O)CCC. The molecule has 350 valence electrons. The molecule has 0 heterocycles. The van der Waals surface area contributed by atoms with Gasteiger partial charge in [0.1, 0.15) is 12.2 Å². The van der Waals surface area contributed by atoms with Gasteiger partial charge in [0.15, 0.2) is 16.6 Å². The van der Waals surface area contributed by atoms with Crippen molar-refractivity contribution in [3.05, 3.63) is 0 Å². The molecule has 0 spiro atoms. The number of hydrogen-bond donors (Lipinski definition) is 4. The fraction of sp³-hybridized carbons (Fsp3) is 0.857. The zero-order chi connectivity index (χ0) is 46.6. The third-order valence-corrected chi connectivity index (χ3v) is 22.1. The quantitative estimate of drug-likeness (QED) is 0.0258. The standard InChI is InChI=1S/C42H82N4O10S2Si2/c1-17-19-33(49)53-29-41(9,10)35(55-59(13,14)39(3,4)5)37(51)45-23-21-31(47)43-25-27-57-58-28-26-44-32(48)22-24-46-38(52)36(56-60(15,16)40(6,7)8)42(11,12)30-54-34(50)20-18-2/h35-36H,17-30H2,1-16H3,(H,43,47)(H,44,48)(H,45,51)(H,46,52)/t35-,36-/m0/s1. The smallest absolute Gasteiger partial charge is 0.305 e. The molecule has 0 aliphatic carbocycles. The van der Waals surface area contributed by atoms with Crippen molar-refractivity contribution in [2.75, 3.05) is 50.9 Å². The average molecular weight is 923 g/mol. The number of ether oxygens (including phenoxy) is 2. The van der Waals surface area contributed by atoms with Gasteiger partial charge in [0.25, 0.3) is 0 Å². The summed E-state index contributed by atoms with van der Waals surface area (Å²) in [5, 5.41) is 11.2. The first-order chi connectivity index (χ1) is 27.4. The van der Waals surface area contributed by atoms with Gasteiger partial charge >= 0.3 is 11.9 Å². The fourth-order valence-corrected chi connectivity index (χ4v) is 9.41. The number of carbonyl (C=O) groups is 6. The van der Waals surface area contributed by atoms with Gasteiger partial charge in [-0.3, -0.25) is 28.8 Å². The summed E-state index contributed by atoms with van der Waals surface area (Å²) in [6, 6.07) is 0. The van der Waals surface area contributed by atoms with Gasteiger partial charge in [0, 0.05) is 74.2 Å². The molecule has 4 amide bonds. The third-order valence-electron chi connectivity index (χ3n) is 10.9. The first-order valence-electron chi connectivity index (χ1n) is 21.4. The minimum Gasteiger partial charge on any atom is -0.465 e. The molecule has 18 heteroatoms. The summed E-state index contributed by atoms with van der Waals surface area (Å²) in [4.78, 5) is 76.2. The lowest BCUT2D eigenvalue weighted by molar-refractivity contribution is -0.152. The van der Waals surface area contributed by atoms with E-state index >= 15 is 0 Å². The van der Waals surface area contributed by atoms with E-state index in [-0.39, 0.29) is 84.8 Å². The zero-order valence-corrected chi connectivity index (χ0v) is 43.6. The van der Waals surface area contributed by atoms with Crippen LogP contribution in [0, 0.1) is 10.8 Å². The molecule has 0 aliphatic rings. The molecule has 14 nitrogen and oxygen atoms in total. The molecule has 0 rings (SSSR count). The van der Waals surface area contributed by atoms with Crippen molar-refractivity contribution in [1.29, 1.82) is 0 Å². The molecular weight excluding hydrogens is 841 g/mol. The van der Waals surface area contributed by atoms with E-state index in [0.717, 1.165) is 0 Å². The molecule has 0 radical (unpaired) electrons. The topological polar surface area (TPSA) is 187 Å². The van der Waals surface area contributed by atoms with E-state index in [0.29, 0.717) is 50.3 Å². The van der Waals surface area contributed by atoms with Crippen molar-refractivity contribution in [3.63, 3.8) is 0 Å². The Morgan fingerprint density at radius 3 is 1.10 bits per heavy atom. The maximum atomic E-state index is 13.5. The van der Waals surface area contributed by atoms with Crippen LogP contribution >= 0.6 is 21.6 Å². The summed E-state index contributed by atoms with van der Waals surface area (Å²) in [5.41, 5.74) is -1.59. The summed E-state index contributed by atoms with van der Waals surface area (Å²) in [6.45, 7) is 33.3. The van der Waals surface area contributed by atoms with Crippen molar-refractivity contribution in [2.45, 2.75) is 170 Å². The lowest BCUT2D eigenvalue weighted by Gasteiger charge is -2.43. The summed E-state index contributed by atoms with van der Waals surface area (Å²) in [7, 11) is -1.62. The Morgan fingerprint density at radius 2 is 0.817 bits per heavy atom. The molecule has 0 bridgehead atoms. The highest BCUT2D eigenvalue weighted by Crippen LogP contribution is 2.41. The van der Waals surface area contributed by atoms with Crippen LogP contribution in [0.4, 0.5) is 0 Å². The Morgan fingerprint density at radius 1 is 0.500 bits per heavy atom. The molecule has 2 atom stereocenters. The van der Waals surface area contributed by atoms with Crippen molar-refractivity contribution in [1.82, 2.24) is 21.3 Å². The number of nitrogens with one attached hydrogen (secondary N) is 4. The van der Waals surface area contributed by atoms with Crippen LogP contribution in [-0.4, -0.2) is 115 Å². The van der Waals surface area contributed by atoms with Gasteiger partial charge in [-0.25, -0.2) is 0 Å². The number of carbonyl (C=O) groups excluding carboxylic acids is 6. The highest BCUT2D eigenvalue weighted by molar-refractivity contribution is 8.76. The molecule has 0 aromatic rings. The lowest BCUT2D eigenvalue weighted by Crippen LogP contribution is -2.55. The molecule has 0 aromatic heterocycles. The number of rotatable bonds is 29. The molecule has 60 heavy (non-hydrogen) atoms. The van der Waals surface area contributed by atoms with Gasteiger partial charge in [-0.05, 0) is 49.1 Å². The van der Waals surface area contributed by atoms with E-state index in [1.54, 1.807) is 21.6 Å². The van der Waals surface area contributed by atoms with Crippen molar-refractivity contribution in [2.24, 2.45) is 10.8 Å². The van der Waals surface area contributed by atoms with Gasteiger partial charge < -0.3 is 39.6 Å². The Hall–Kier alpha value is -2.13. The fourth-order valence-electron chi connectivity index (χ4n) is 4.86. The normalized spacial score (nSPS) is 13.8. The molecule has 4 N–H and O–H groups in total. The van der Waals surface area contributed by atoms with Gasteiger partial charge in [-0.1, -0.05) is 105 Å². The second kappa shape index (κ2) is 26.5. The molecule has 0 saturated heterocycles. The molecule has 0 aromatic carbocycles. The monoisotopic (exact) mass is 923 g/mol. The highest BCUT2D eigenvalue weighted by Gasteiger charge is 2.47. The van der Waals surface area contributed by atoms with E-state index in [4.69, 9.17) is 18.3 Å². The Balaban J connectivity index is 4.75. The van der Waals surface area contributed by atoms with Gasteiger partial charge in [-0.2, -0.15) is 0 Å².